The monoisotopic (exact) mass is 404 g/mol. The number of piperidine rings is 1. The van der Waals surface area contributed by atoms with Crippen molar-refractivity contribution in [1.29, 1.82) is 0 Å². The van der Waals surface area contributed by atoms with Gasteiger partial charge in [-0.05, 0) is 55.0 Å². The predicted molar refractivity (Wildman–Crippen MR) is 115 cm³/mol. The molecule has 1 aromatic heterocycles. The summed E-state index contributed by atoms with van der Waals surface area (Å²) in [6, 6.07) is 9.79. The van der Waals surface area contributed by atoms with Crippen LogP contribution < -0.4 is 15.5 Å². The highest BCUT2D eigenvalue weighted by molar-refractivity contribution is 7.14. The van der Waals surface area contributed by atoms with Crippen molar-refractivity contribution in [2.24, 2.45) is 4.99 Å². The fourth-order valence-electron chi connectivity index (χ4n) is 3.37. The van der Waals surface area contributed by atoms with Gasteiger partial charge in [-0.25, -0.2) is 9.38 Å². The van der Waals surface area contributed by atoms with Crippen molar-refractivity contribution in [3.63, 3.8) is 0 Å². The number of nitrogens with one attached hydrogen (secondary N) is 2. The number of anilines is 1. The molecule has 1 aromatic carbocycles. The Morgan fingerprint density at radius 1 is 1.32 bits per heavy atom. The maximum atomic E-state index is 13.8. The van der Waals surface area contributed by atoms with E-state index in [1.807, 2.05) is 6.07 Å². The summed E-state index contributed by atoms with van der Waals surface area (Å²) in [6.07, 6.45) is 2.16. The molecule has 0 radical (unpaired) electrons. The van der Waals surface area contributed by atoms with Crippen molar-refractivity contribution < 1.29 is 9.13 Å². The van der Waals surface area contributed by atoms with Gasteiger partial charge >= 0.3 is 0 Å². The maximum Gasteiger partial charge on any atom is 0.191 e. The lowest BCUT2D eigenvalue weighted by Gasteiger charge is -2.33. The Labute approximate surface area is 170 Å². The number of halogens is 1. The molecule has 5 nitrogen and oxygen atoms in total. The van der Waals surface area contributed by atoms with Crippen LogP contribution >= 0.6 is 11.3 Å². The molecule has 3 rings (SSSR count). The van der Waals surface area contributed by atoms with Crippen molar-refractivity contribution in [1.82, 2.24) is 10.6 Å². The molecule has 0 spiro atoms. The average Bonchev–Trinajstić information content (AvgIpc) is 3.24. The first-order valence-corrected chi connectivity index (χ1v) is 10.7. The van der Waals surface area contributed by atoms with Gasteiger partial charge in [0.25, 0.3) is 0 Å². The summed E-state index contributed by atoms with van der Waals surface area (Å²) in [4.78, 5) is 7.14. The number of hydrogen-bond donors (Lipinski definition) is 2. The molecule has 0 atom stereocenters. The van der Waals surface area contributed by atoms with Crippen LogP contribution in [0.25, 0.3) is 0 Å². The minimum Gasteiger partial charge on any atom is -0.380 e. The van der Waals surface area contributed by atoms with Crippen LogP contribution in [0.15, 0.2) is 40.7 Å². The first-order valence-electron chi connectivity index (χ1n) is 9.79. The standard InChI is InChI=1S/C21H29FN4OS/c1-3-23-21(24-14-16-6-7-19(22)17(13-16)15-27-2)25-18-8-10-26(11-9-18)20-5-4-12-28-20/h4-7,12-13,18H,3,8-11,14-15H2,1-2H3,(H2,23,24,25). The number of ether oxygens (including phenoxy) is 1. The van der Waals surface area contributed by atoms with Gasteiger partial charge in [0.05, 0.1) is 18.2 Å². The second-order valence-electron chi connectivity index (χ2n) is 6.91. The first kappa shape index (κ1) is 20.6. The van der Waals surface area contributed by atoms with Gasteiger partial charge in [0, 0.05) is 38.3 Å². The summed E-state index contributed by atoms with van der Waals surface area (Å²) >= 11 is 1.80. The van der Waals surface area contributed by atoms with E-state index >= 15 is 0 Å². The van der Waals surface area contributed by atoms with Gasteiger partial charge in [-0.3, -0.25) is 0 Å². The number of nitrogens with zero attached hydrogens (tertiary/aromatic N) is 2. The molecule has 2 heterocycles. The van der Waals surface area contributed by atoms with Crippen LogP contribution in [0.1, 0.15) is 30.9 Å². The zero-order chi connectivity index (χ0) is 19.8. The molecule has 0 amide bonds. The maximum absolute atomic E-state index is 13.8. The predicted octanol–water partition coefficient (Wildman–Crippen LogP) is 3.76. The minimum atomic E-state index is -0.239. The lowest BCUT2D eigenvalue weighted by atomic mass is 10.1. The number of aliphatic imine (C=N–C) groups is 1. The Hall–Kier alpha value is -2.12. The normalized spacial score (nSPS) is 15.7. The number of hydrogen-bond acceptors (Lipinski definition) is 4. The second-order valence-corrected chi connectivity index (χ2v) is 7.84. The minimum absolute atomic E-state index is 0.239. The molecule has 1 fully saturated rings. The molecule has 2 N–H and O–H groups in total. The van der Waals surface area contributed by atoms with E-state index in [1.54, 1.807) is 24.5 Å². The Morgan fingerprint density at radius 3 is 2.82 bits per heavy atom. The van der Waals surface area contributed by atoms with E-state index in [2.05, 4.69) is 40.0 Å². The van der Waals surface area contributed by atoms with Crippen LogP contribution in [0.2, 0.25) is 0 Å². The van der Waals surface area contributed by atoms with E-state index < -0.39 is 0 Å². The number of benzene rings is 1. The number of rotatable bonds is 7. The molecule has 0 unspecified atom stereocenters. The van der Waals surface area contributed by atoms with Crippen molar-refractivity contribution in [3.05, 3.63) is 52.7 Å². The third-order valence-electron chi connectivity index (χ3n) is 4.83. The molecule has 28 heavy (non-hydrogen) atoms. The van der Waals surface area contributed by atoms with E-state index in [0.717, 1.165) is 44.0 Å². The lowest BCUT2D eigenvalue weighted by Crippen LogP contribution is -2.48. The molecule has 0 aliphatic carbocycles. The Kier molecular flexibility index (Phi) is 7.68. The second kappa shape index (κ2) is 10.4. The van der Waals surface area contributed by atoms with Gasteiger partial charge in [-0.2, -0.15) is 0 Å². The molecule has 0 bridgehead atoms. The van der Waals surface area contributed by atoms with Crippen LogP contribution in [0.3, 0.4) is 0 Å². The quantitative estimate of drug-likeness (QED) is 0.545. The summed E-state index contributed by atoms with van der Waals surface area (Å²) in [7, 11) is 1.57. The zero-order valence-electron chi connectivity index (χ0n) is 16.6. The summed E-state index contributed by atoms with van der Waals surface area (Å²) in [6.45, 7) is 5.74. The molecular weight excluding hydrogens is 375 g/mol. The third-order valence-corrected chi connectivity index (χ3v) is 5.76. The van der Waals surface area contributed by atoms with Crippen LogP contribution in [0.4, 0.5) is 9.39 Å². The van der Waals surface area contributed by atoms with Crippen molar-refractivity contribution >= 4 is 22.3 Å². The highest BCUT2D eigenvalue weighted by atomic mass is 32.1. The van der Waals surface area contributed by atoms with Crippen LogP contribution in [0, 0.1) is 5.82 Å². The van der Waals surface area contributed by atoms with Crippen LogP contribution in [0.5, 0.6) is 0 Å². The SMILES string of the molecule is CCNC(=NCc1ccc(F)c(COC)c1)NC1CCN(c2cccs2)CC1. The fourth-order valence-corrected chi connectivity index (χ4v) is 4.16. The molecule has 2 aromatic rings. The summed E-state index contributed by atoms with van der Waals surface area (Å²) in [5, 5.41) is 10.4. The highest BCUT2D eigenvalue weighted by Crippen LogP contribution is 2.24. The van der Waals surface area contributed by atoms with Crippen molar-refractivity contribution in [3.8, 4) is 0 Å². The Bertz CT molecular complexity index is 758. The van der Waals surface area contributed by atoms with Crippen LogP contribution in [-0.2, 0) is 17.9 Å². The number of methoxy groups -OCH3 is 1. The van der Waals surface area contributed by atoms with E-state index in [4.69, 9.17) is 9.73 Å². The van der Waals surface area contributed by atoms with E-state index in [0.29, 0.717) is 18.2 Å². The smallest absolute Gasteiger partial charge is 0.191 e. The van der Waals surface area contributed by atoms with Gasteiger partial charge < -0.3 is 20.3 Å². The van der Waals surface area contributed by atoms with Crippen molar-refractivity contribution in [2.75, 3.05) is 31.6 Å². The molecule has 152 valence electrons. The molecule has 0 saturated carbocycles. The van der Waals surface area contributed by atoms with Gasteiger partial charge in [0.15, 0.2) is 5.96 Å². The first-order chi connectivity index (χ1) is 13.7. The zero-order valence-corrected chi connectivity index (χ0v) is 17.4. The lowest BCUT2D eigenvalue weighted by molar-refractivity contribution is 0.181. The highest BCUT2D eigenvalue weighted by Gasteiger charge is 2.20. The largest absolute Gasteiger partial charge is 0.380 e. The van der Waals surface area contributed by atoms with E-state index in [-0.39, 0.29) is 12.4 Å². The fraction of sp³-hybridized carbons (Fsp3) is 0.476. The molecule has 7 heteroatoms. The molecule has 1 aliphatic heterocycles. The third kappa shape index (κ3) is 5.69. The molecular formula is C21H29FN4OS. The molecule has 1 aliphatic rings. The van der Waals surface area contributed by atoms with Crippen molar-refractivity contribution in [2.45, 2.75) is 39.0 Å². The van der Waals surface area contributed by atoms with Gasteiger partial charge in [-0.15, -0.1) is 11.3 Å². The summed E-state index contributed by atoms with van der Waals surface area (Å²) in [5.74, 6) is 0.576. The summed E-state index contributed by atoms with van der Waals surface area (Å²) in [5.41, 5.74) is 1.53. The Balaban J connectivity index is 1.57. The number of thiophene rings is 1. The molecule has 1 saturated heterocycles. The summed E-state index contributed by atoms with van der Waals surface area (Å²) < 4.78 is 18.8. The number of guanidine groups is 1. The van der Waals surface area contributed by atoms with E-state index in [1.165, 1.54) is 11.1 Å². The average molecular weight is 405 g/mol. The topological polar surface area (TPSA) is 48.9 Å². The van der Waals surface area contributed by atoms with Gasteiger partial charge in [-0.1, -0.05) is 6.07 Å². The van der Waals surface area contributed by atoms with Crippen LogP contribution in [-0.4, -0.2) is 38.7 Å². The van der Waals surface area contributed by atoms with E-state index in [9.17, 15) is 4.39 Å². The van der Waals surface area contributed by atoms with Gasteiger partial charge in [0.1, 0.15) is 5.82 Å². The van der Waals surface area contributed by atoms with Gasteiger partial charge in [0.2, 0.25) is 0 Å². The Morgan fingerprint density at radius 2 is 2.14 bits per heavy atom.